The number of hydrogen-bond acceptors (Lipinski definition) is 5. The molecule has 1 aliphatic carbocycles. The summed E-state index contributed by atoms with van der Waals surface area (Å²) in [6, 6.07) is 0.388. The lowest BCUT2D eigenvalue weighted by atomic mass is 9.96. The lowest BCUT2D eigenvalue weighted by Gasteiger charge is -2.16. The number of nitrogens with two attached hydrogens (primary N) is 1. The molecule has 18 heavy (non-hydrogen) atoms. The Morgan fingerprint density at radius 3 is 2.67 bits per heavy atom. The fraction of sp³-hybridized carbons (Fsp3) is 0.727. The zero-order valence-corrected chi connectivity index (χ0v) is 11.8. The average Bonchev–Trinajstić information content (AvgIpc) is 2.96. The van der Waals surface area contributed by atoms with Crippen molar-refractivity contribution in [1.29, 1.82) is 0 Å². The van der Waals surface area contributed by atoms with Gasteiger partial charge in [-0.2, -0.15) is 0 Å². The van der Waals surface area contributed by atoms with Crippen molar-refractivity contribution in [3.8, 4) is 0 Å². The molecular formula is C11H19N5OS. The second-order valence-electron chi connectivity index (χ2n) is 5.56. The van der Waals surface area contributed by atoms with Gasteiger partial charge in [-0.3, -0.25) is 4.79 Å². The minimum atomic E-state index is -0.156. The molecule has 0 aliphatic heterocycles. The van der Waals surface area contributed by atoms with Crippen molar-refractivity contribution < 1.29 is 4.79 Å². The summed E-state index contributed by atoms with van der Waals surface area (Å²) in [7, 11) is 0. The Hall–Kier alpha value is -1.24. The van der Waals surface area contributed by atoms with Crippen molar-refractivity contribution in [2.24, 2.45) is 0 Å². The first kappa shape index (κ1) is 13.2. The van der Waals surface area contributed by atoms with Crippen molar-refractivity contribution >= 4 is 17.7 Å². The van der Waals surface area contributed by atoms with Crippen molar-refractivity contribution in [2.75, 3.05) is 11.6 Å². The van der Waals surface area contributed by atoms with Crippen LogP contribution in [0.25, 0.3) is 0 Å². The Balaban J connectivity index is 1.93. The largest absolute Gasteiger partial charge is 0.353 e. The van der Waals surface area contributed by atoms with Gasteiger partial charge in [0.25, 0.3) is 0 Å². The predicted molar refractivity (Wildman–Crippen MR) is 70.8 cm³/mol. The minimum Gasteiger partial charge on any atom is -0.353 e. The Morgan fingerprint density at radius 2 is 2.17 bits per heavy atom. The summed E-state index contributed by atoms with van der Waals surface area (Å²) >= 11 is 1.31. The smallest absolute Gasteiger partial charge is 0.230 e. The van der Waals surface area contributed by atoms with Crippen molar-refractivity contribution in [1.82, 2.24) is 20.2 Å². The maximum atomic E-state index is 11.6. The number of thioether (sulfide) groups is 1. The molecule has 0 radical (unpaired) electrons. The van der Waals surface area contributed by atoms with Gasteiger partial charge in [-0.15, -0.1) is 10.2 Å². The highest BCUT2D eigenvalue weighted by Gasteiger charge is 2.25. The molecule has 1 saturated carbocycles. The van der Waals surface area contributed by atoms with Crippen LogP contribution in [0.4, 0.5) is 0 Å². The van der Waals surface area contributed by atoms with E-state index in [1.165, 1.54) is 16.4 Å². The number of carbonyl (C=O) groups is 1. The molecule has 0 aromatic carbocycles. The van der Waals surface area contributed by atoms with Gasteiger partial charge < -0.3 is 11.2 Å². The van der Waals surface area contributed by atoms with Gasteiger partial charge in [0, 0.05) is 11.5 Å². The van der Waals surface area contributed by atoms with Gasteiger partial charge in [0.1, 0.15) is 0 Å². The molecule has 1 amide bonds. The first-order valence-electron chi connectivity index (χ1n) is 6.01. The molecule has 1 aliphatic rings. The standard InChI is InChI=1S/C11H19N5OS/c1-11(2,3)9-14-15-10(16(9)12)18-6-8(17)13-7-4-5-7/h7H,4-6,12H2,1-3H3,(H,13,17). The number of rotatable bonds is 4. The summed E-state index contributed by atoms with van der Waals surface area (Å²) in [6.07, 6.45) is 2.19. The molecule has 7 heteroatoms. The highest BCUT2D eigenvalue weighted by molar-refractivity contribution is 7.99. The molecule has 2 rings (SSSR count). The van der Waals surface area contributed by atoms with Crippen LogP contribution < -0.4 is 11.2 Å². The van der Waals surface area contributed by atoms with E-state index in [9.17, 15) is 4.79 Å². The van der Waals surface area contributed by atoms with Crippen LogP contribution in [0.1, 0.15) is 39.4 Å². The van der Waals surface area contributed by atoms with Gasteiger partial charge in [-0.05, 0) is 12.8 Å². The summed E-state index contributed by atoms with van der Waals surface area (Å²) in [5.74, 6) is 7.00. The van der Waals surface area contributed by atoms with Crippen molar-refractivity contribution in [3.05, 3.63) is 5.82 Å². The lowest BCUT2D eigenvalue weighted by molar-refractivity contribution is -0.118. The third-order valence-corrected chi connectivity index (χ3v) is 3.55. The van der Waals surface area contributed by atoms with E-state index in [0.29, 0.717) is 22.8 Å². The molecule has 1 aromatic heterocycles. The summed E-state index contributed by atoms with van der Waals surface area (Å²) < 4.78 is 1.47. The second kappa shape index (κ2) is 4.79. The third-order valence-electron chi connectivity index (χ3n) is 2.61. The number of nitrogen functional groups attached to an aromatic ring is 1. The van der Waals surface area contributed by atoms with Crippen LogP contribution in [0, 0.1) is 0 Å². The van der Waals surface area contributed by atoms with Gasteiger partial charge in [-0.1, -0.05) is 32.5 Å². The van der Waals surface area contributed by atoms with Crippen LogP contribution in [0.5, 0.6) is 0 Å². The van der Waals surface area contributed by atoms with Gasteiger partial charge in [0.2, 0.25) is 11.1 Å². The zero-order chi connectivity index (χ0) is 13.3. The normalized spacial score (nSPS) is 15.7. The number of nitrogens with zero attached hydrogens (tertiary/aromatic N) is 3. The van der Waals surface area contributed by atoms with E-state index in [4.69, 9.17) is 5.84 Å². The van der Waals surface area contributed by atoms with E-state index in [1.54, 1.807) is 0 Å². The predicted octanol–water partition coefficient (Wildman–Crippen LogP) is 0.660. The Bertz CT molecular complexity index is 447. The average molecular weight is 269 g/mol. The molecule has 0 atom stereocenters. The fourth-order valence-corrected chi connectivity index (χ4v) is 2.18. The Labute approximate surface area is 111 Å². The molecule has 0 spiro atoms. The zero-order valence-electron chi connectivity index (χ0n) is 10.9. The highest BCUT2D eigenvalue weighted by atomic mass is 32.2. The molecule has 1 heterocycles. The van der Waals surface area contributed by atoms with Crippen molar-refractivity contribution in [2.45, 2.75) is 50.2 Å². The maximum Gasteiger partial charge on any atom is 0.230 e. The maximum absolute atomic E-state index is 11.6. The van der Waals surface area contributed by atoms with Crippen LogP contribution in [0.3, 0.4) is 0 Å². The molecule has 100 valence electrons. The first-order valence-corrected chi connectivity index (χ1v) is 6.99. The van der Waals surface area contributed by atoms with Crippen LogP contribution in [0.15, 0.2) is 5.16 Å². The van der Waals surface area contributed by atoms with Crippen LogP contribution >= 0.6 is 11.8 Å². The van der Waals surface area contributed by atoms with Gasteiger partial charge in [0.05, 0.1) is 5.75 Å². The molecule has 0 bridgehead atoms. The second-order valence-corrected chi connectivity index (χ2v) is 6.50. The van der Waals surface area contributed by atoms with E-state index >= 15 is 0 Å². The fourth-order valence-electron chi connectivity index (χ4n) is 1.51. The van der Waals surface area contributed by atoms with Crippen LogP contribution in [-0.4, -0.2) is 32.6 Å². The van der Waals surface area contributed by atoms with Crippen molar-refractivity contribution in [3.63, 3.8) is 0 Å². The van der Waals surface area contributed by atoms with Crippen LogP contribution in [0.2, 0.25) is 0 Å². The van der Waals surface area contributed by atoms with E-state index in [1.807, 2.05) is 20.8 Å². The number of aromatic nitrogens is 3. The van der Waals surface area contributed by atoms with E-state index in [-0.39, 0.29) is 11.3 Å². The Kier molecular flexibility index (Phi) is 3.52. The molecule has 0 saturated heterocycles. The molecule has 3 N–H and O–H groups in total. The molecule has 0 unspecified atom stereocenters. The van der Waals surface area contributed by atoms with Gasteiger partial charge in [-0.25, -0.2) is 4.68 Å². The number of nitrogens with one attached hydrogen (secondary N) is 1. The molecular weight excluding hydrogens is 250 g/mol. The quantitative estimate of drug-likeness (QED) is 0.619. The minimum absolute atomic E-state index is 0.0304. The molecule has 1 aromatic rings. The van der Waals surface area contributed by atoms with Gasteiger partial charge >= 0.3 is 0 Å². The Morgan fingerprint density at radius 1 is 1.50 bits per heavy atom. The summed E-state index contributed by atoms with van der Waals surface area (Å²) in [4.78, 5) is 11.6. The monoisotopic (exact) mass is 269 g/mol. The van der Waals surface area contributed by atoms with E-state index in [2.05, 4.69) is 15.5 Å². The summed E-state index contributed by atoms with van der Waals surface area (Å²) in [5.41, 5.74) is -0.156. The highest BCUT2D eigenvalue weighted by Crippen LogP contribution is 2.23. The lowest BCUT2D eigenvalue weighted by Crippen LogP contribution is -2.27. The molecule has 6 nitrogen and oxygen atoms in total. The summed E-state index contributed by atoms with van der Waals surface area (Å²) in [5, 5.41) is 11.6. The number of hydrogen-bond donors (Lipinski definition) is 2. The SMILES string of the molecule is CC(C)(C)c1nnc(SCC(=O)NC2CC2)n1N. The topological polar surface area (TPSA) is 85.8 Å². The number of amides is 1. The van der Waals surface area contributed by atoms with E-state index in [0.717, 1.165) is 12.8 Å². The number of carbonyl (C=O) groups excluding carboxylic acids is 1. The first-order chi connectivity index (χ1) is 8.38. The van der Waals surface area contributed by atoms with Gasteiger partial charge in [0.15, 0.2) is 5.82 Å². The summed E-state index contributed by atoms with van der Waals surface area (Å²) in [6.45, 7) is 6.07. The van der Waals surface area contributed by atoms with Crippen LogP contribution in [-0.2, 0) is 10.2 Å². The third kappa shape index (κ3) is 3.16. The van der Waals surface area contributed by atoms with E-state index < -0.39 is 0 Å². The molecule has 1 fully saturated rings.